The molecule has 0 radical (unpaired) electrons. The topological polar surface area (TPSA) is 57.1 Å². The van der Waals surface area contributed by atoms with Gasteiger partial charge in [-0.05, 0) is 18.1 Å². The molecule has 26 heavy (non-hydrogen) atoms. The third kappa shape index (κ3) is 2.14. The zero-order valence-corrected chi connectivity index (χ0v) is 14.3. The van der Waals surface area contributed by atoms with Crippen molar-refractivity contribution in [2.45, 2.75) is 24.9 Å². The van der Waals surface area contributed by atoms with Gasteiger partial charge in [0.1, 0.15) is 0 Å². The molecule has 5 nitrogen and oxygen atoms in total. The van der Waals surface area contributed by atoms with E-state index in [0.29, 0.717) is 35.6 Å². The standard InChI is InChI=1S/C18H17F3N4O/c1-3-17(10-5-4-6-11(7-10)18(19,20)21)12-8-22-24-15(12)23-13-9-25(2)16(26)14(13)17/h4-7,23H,3,8-9H2,1-2H3/t17-/m0/s1. The lowest BCUT2D eigenvalue weighted by Crippen LogP contribution is -2.41. The van der Waals surface area contributed by atoms with E-state index in [1.54, 1.807) is 18.0 Å². The summed E-state index contributed by atoms with van der Waals surface area (Å²) in [7, 11) is 1.68. The van der Waals surface area contributed by atoms with Crippen LogP contribution in [0.25, 0.3) is 0 Å². The van der Waals surface area contributed by atoms with Gasteiger partial charge in [-0.15, -0.1) is 5.11 Å². The van der Waals surface area contributed by atoms with Crippen LogP contribution in [0.5, 0.6) is 0 Å². The van der Waals surface area contributed by atoms with Gasteiger partial charge in [0.25, 0.3) is 5.91 Å². The van der Waals surface area contributed by atoms with Crippen LogP contribution in [0.15, 0.2) is 57.2 Å². The smallest absolute Gasteiger partial charge is 0.340 e. The molecule has 0 unspecified atom stereocenters. The number of likely N-dealkylation sites (N-methyl/N-ethyl adjacent to an activating group) is 1. The Morgan fingerprint density at radius 2 is 2.12 bits per heavy atom. The van der Waals surface area contributed by atoms with Crippen LogP contribution in [0.3, 0.4) is 0 Å². The minimum atomic E-state index is -4.45. The van der Waals surface area contributed by atoms with Crippen LogP contribution in [-0.4, -0.2) is 30.9 Å². The van der Waals surface area contributed by atoms with Crippen molar-refractivity contribution in [1.82, 2.24) is 10.2 Å². The third-order valence-corrected chi connectivity index (χ3v) is 5.37. The van der Waals surface area contributed by atoms with Crippen LogP contribution < -0.4 is 5.32 Å². The Morgan fingerprint density at radius 3 is 2.81 bits per heavy atom. The van der Waals surface area contributed by atoms with Gasteiger partial charge in [0, 0.05) is 18.3 Å². The molecule has 136 valence electrons. The number of azo groups is 1. The number of carbonyl (C=O) groups excluding carboxylic acids is 1. The number of dihydropyridines is 1. The maximum atomic E-state index is 13.3. The number of benzene rings is 1. The molecule has 0 saturated carbocycles. The molecule has 3 aliphatic rings. The first-order chi connectivity index (χ1) is 12.3. The first kappa shape index (κ1) is 16.8. The summed E-state index contributed by atoms with van der Waals surface area (Å²) in [5, 5.41) is 11.3. The van der Waals surface area contributed by atoms with E-state index in [2.05, 4.69) is 15.5 Å². The van der Waals surface area contributed by atoms with E-state index in [1.807, 2.05) is 6.92 Å². The molecule has 0 saturated heterocycles. The second-order valence-electron chi connectivity index (χ2n) is 6.70. The molecular weight excluding hydrogens is 345 g/mol. The molecular formula is C18H17F3N4O. The van der Waals surface area contributed by atoms with Crippen LogP contribution in [0.4, 0.5) is 13.2 Å². The summed E-state index contributed by atoms with van der Waals surface area (Å²) < 4.78 is 39.9. The van der Waals surface area contributed by atoms with Crippen LogP contribution in [0.2, 0.25) is 0 Å². The van der Waals surface area contributed by atoms with Crippen molar-refractivity contribution in [2.24, 2.45) is 10.2 Å². The highest BCUT2D eigenvalue weighted by atomic mass is 19.4. The number of nitrogens with zero attached hydrogens (tertiary/aromatic N) is 3. The fourth-order valence-electron chi connectivity index (χ4n) is 4.17. The molecule has 0 aromatic heterocycles. The van der Waals surface area contributed by atoms with Crippen molar-refractivity contribution < 1.29 is 18.0 Å². The van der Waals surface area contributed by atoms with Crippen LogP contribution >= 0.6 is 0 Å². The quantitative estimate of drug-likeness (QED) is 0.877. The van der Waals surface area contributed by atoms with Crippen molar-refractivity contribution in [3.8, 4) is 0 Å². The van der Waals surface area contributed by atoms with Crippen LogP contribution in [-0.2, 0) is 16.4 Å². The Balaban J connectivity index is 1.97. The predicted octanol–water partition coefficient (Wildman–Crippen LogP) is 3.36. The van der Waals surface area contributed by atoms with Gasteiger partial charge < -0.3 is 10.2 Å². The average Bonchev–Trinajstić information content (AvgIpc) is 3.18. The van der Waals surface area contributed by atoms with Gasteiger partial charge in [-0.1, -0.05) is 25.1 Å². The minimum Gasteiger partial charge on any atom is -0.340 e. The van der Waals surface area contributed by atoms with E-state index in [-0.39, 0.29) is 12.5 Å². The number of hydrogen-bond donors (Lipinski definition) is 1. The molecule has 4 rings (SSSR count). The minimum absolute atomic E-state index is 0.176. The zero-order chi connectivity index (χ0) is 18.7. The lowest BCUT2D eigenvalue weighted by Gasteiger charge is -2.39. The number of alkyl halides is 3. The first-order valence-electron chi connectivity index (χ1n) is 8.34. The molecule has 1 amide bonds. The van der Waals surface area contributed by atoms with E-state index in [4.69, 9.17) is 0 Å². The maximum Gasteiger partial charge on any atom is 0.416 e. The normalized spacial score (nSPS) is 25.0. The Bertz CT molecular complexity index is 900. The molecule has 1 aromatic rings. The summed E-state index contributed by atoms with van der Waals surface area (Å²) in [5.74, 6) is 0.372. The second-order valence-corrected chi connectivity index (χ2v) is 6.70. The van der Waals surface area contributed by atoms with Gasteiger partial charge in [0.05, 0.1) is 29.6 Å². The van der Waals surface area contributed by atoms with Crippen LogP contribution in [0.1, 0.15) is 24.5 Å². The second kappa shape index (κ2) is 5.43. The Hall–Kier alpha value is -2.64. The molecule has 3 aliphatic heterocycles. The highest BCUT2D eigenvalue weighted by Crippen LogP contribution is 2.51. The summed E-state index contributed by atoms with van der Waals surface area (Å²) in [6.45, 7) is 2.52. The van der Waals surface area contributed by atoms with E-state index in [9.17, 15) is 18.0 Å². The van der Waals surface area contributed by atoms with Gasteiger partial charge in [0.2, 0.25) is 0 Å². The molecule has 1 atom stereocenters. The van der Waals surface area contributed by atoms with Crippen molar-refractivity contribution in [3.63, 3.8) is 0 Å². The SMILES string of the molecule is CC[C@]1(c2cccc(C(F)(F)F)c2)C2=C(N=NC2)NC2=C1C(=O)N(C)C2. The lowest BCUT2D eigenvalue weighted by atomic mass is 9.65. The Morgan fingerprint density at radius 1 is 1.35 bits per heavy atom. The van der Waals surface area contributed by atoms with Crippen molar-refractivity contribution in [1.29, 1.82) is 0 Å². The Labute approximate surface area is 148 Å². The summed E-state index contributed by atoms with van der Waals surface area (Å²) in [6.07, 6.45) is -4.01. The van der Waals surface area contributed by atoms with Gasteiger partial charge in [-0.3, -0.25) is 4.79 Å². The van der Waals surface area contributed by atoms with Crippen molar-refractivity contribution in [2.75, 3.05) is 20.1 Å². The highest BCUT2D eigenvalue weighted by molar-refractivity contribution is 6.01. The average molecular weight is 362 g/mol. The monoisotopic (exact) mass is 362 g/mol. The lowest BCUT2D eigenvalue weighted by molar-refractivity contribution is -0.137. The number of nitrogens with one attached hydrogen (secondary N) is 1. The summed E-state index contributed by atoms with van der Waals surface area (Å²) in [4.78, 5) is 14.4. The van der Waals surface area contributed by atoms with Gasteiger partial charge in [0.15, 0.2) is 5.82 Å². The van der Waals surface area contributed by atoms with Crippen molar-refractivity contribution >= 4 is 5.91 Å². The van der Waals surface area contributed by atoms with E-state index in [1.165, 1.54) is 6.07 Å². The maximum absolute atomic E-state index is 13.3. The zero-order valence-electron chi connectivity index (χ0n) is 14.3. The number of hydrogen-bond acceptors (Lipinski definition) is 4. The molecule has 1 N–H and O–H groups in total. The summed E-state index contributed by atoms with van der Waals surface area (Å²) in [6, 6.07) is 5.24. The molecule has 0 fully saturated rings. The Kier molecular flexibility index (Phi) is 3.51. The van der Waals surface area contributed by atoms with Gasteiger partial charge >= 0.3 is 6.18 Å². The van der Waals surface area contributed by atoms with E-state index >= 15 is 0 Å². The summed E-state index contributed by atoms with van der Waals surface area (Å²) >= 11 is 0. The molecule has 8 heteroatoms. The third-order valence-electron chi connectivity index (χ3n) is 5.37. The number of rotatable bonds is 2. The number of carbonyl (C=O) groups is 1. The predicted molar refractivity (Wildman–Crippen MR) is 88.0 cm³/mol. The molecule has 0 spiro atoms. The van der Waals surface area contributed by atoms with E-state index in [0.717, 1.165) is 17.7 Å². The molecule has 0 bridgehead atoms. The highest BCUT2D eigenvalue weighted by Gasteiger charge is 2.52. The largest absolute Gasteiger partial charge is 0.416 e. The van der Waals surface area contributed by atoms with Crippen LogP contribution in [0, 0.1) is 0 Å². The molecule has 0 aliphatic carbocycles. The first-order valence-corrected chi connectivity index (χ1v) is 8.34. The van der Waals surface area contributed by atoms with Gasteiger partial charge in [-0.25, -0.2) is 0 Å². The van der Waals surface area contributed by atoms with E-state index < -0.39 is 17.2 Å². The molecule has 3 heterocycles. The number of amides is 1. The fourth-order valence-corrected chi connectivity index (χ4v) is 4.17. The number of halogens is 3. The summed E-state index contributed by atoms with van der Waals surface area (Å²) in [5.41, 5.74) is 0.720. The molecule has 1 aromatic carbocycles. The fraction of sp³-hybridized carbons (Fsp3) is 0.389. The van der Waals surface area contributed by atoms with Gasteiger partial charge in [-0.2, -0.15) is 18.3 Å². The van der Waals surface area contributed by atoms with Crippen molar-refractivity contribution in [3.05, 3.63) is 58.1 Å².